The van der Waals surface area contributed by atoms with Crippen molar-refractivity contribution in [3.63, 3.8) is 0 Å². The minimum absolute atomic E-state index is 0.408. The molecule has 64 valence electrons. The van der Waals surface area contributed by atoms with E-state index in [1.807, 2.05) is 6.92 Å². The van der Waals surface area contributed by atoms with Crippen molar-refractivity contribution in [3.8, 4) is 12.3 Å². The average Bonchev–Trinajstić information content (AvgIpc) is 1.93. The van der Waals surface area contributed by atoms with Crippen LogP contribution in [0.25, 0.3) is 0 Å². The first-order chi connectivity index (χ1) is 4.62. The van der Waals surface area contributed by atoms with Crippen molar-refractivity contribution in [2.45, 2.75) is 31.6 Å². The summed E-state index contributed by atoms with van der Waals surface area (Å²) in [5.74, 6) is 2.51. The molecule has 0 aromatic heterocycles. The number of hydrogen-bond acceptors (Lipinski definition) is 0. The first kappa shape index (κ1) is 13.3. The van der Waals surface area contributed by atoms with Gasteiger partial charge >= 0.3 is 25.2 Å². The van der Waals surface area contributed by atoms with Crippen LogP contribution in [-0.4, -0.2) is 4.87 Å². The van der Waals surface area contributed by atoms with Crippen LogP contribution in [0.4, 0.5) is 0 Å². The Morgan fingerprint density at radius 1 is 1.60 bits per heavy atom. The van der Waals surface area contributed by atoms with Gasteiger partial charge in [0.15, 0.2) is 0 Å². The second-order valence-electron chi connectivity index (χ2n) is 2.09. The van der Waals surface area contributed by atoms with E-state index in [-0.39, 0.29) is 0 Å². The van der Waals surface area contributed by atoms with E-state index in [1.165, 1.54) is 0 Å². The molecule has 0 aliphatic carbocycles. The molecule has 0 radical (unpaired) electrons. The van der Waals surface area contributed by atoms with E-state index in [0.29, 0.717) is 0 Å². The van der Waals surface area contributed by atoms with Crippen molar-refractivity contribution in [1.82, 2.24) is 0 Å². The normalized spacial score (nSPS) is 14.1. The van der Waals surface area contributed by atoms with Crippen LogP contribution < -0.4 is 0 Å². The molecule has 0 aromatic rings. The van der Waals surface area contributed by atoms with E-state index in [1.54, 1.807) is 0 Å². The fourth-order valence-electron chi connectivity index (χ4n) is 0.542. The maximum atomic E-state index is 5.78. The van der Waals surface area contributed by atoms with Crippen molar-refractivity contribution in [1.29, 1.82) is 0 Å². The molecule has 1 atom stereocenters. The fraction of sp³-hybridized carbons (Fsp3) is 0.714. The van der Waals surface area contributed by atoms with Gasteiger partial charge in [0.05, 0.1) is 0 Å². The Balaban J connectivity index is 0. The summed E-state index contributed by atoms with van der Waals surface area (Å²) in [6, 6.07) is 0. The van der Waals surface area contributed by atoms with Gasteiger partial charge in [-0.05, 0) is 13.3 Å². The fourth-order valence-corrected chi connectivity index (χ4v) is 0.731. The zero-order chi connectivity index (χ0) is 8.62. The van der Waals surface area contributed by atoms with Crippen LogP contribution in [0.5, 0.6) is 0 Å². The molecular formula is C7H11Cl2Cu. The molecule has 0 aromatic carbocycles. The molecule has 0 rings (SSSR count). The molecule has 0 saturated heterocycles. The first-order valence-corrected chi connectivity index (χ1v) is 4.58. The summed E-state index contributed by atoms with van der Waals surface area (Å²) in [7, 11) is 4.20. The van der Waals surface area contributed by atoms with E-state index < -0.39 is 4.87 Å². The van der Waals surface area contributed by atoms with Gasteiger partial charge in [0, 0.05) is 0 Å². The molecule has 0 aliphatic heterocycles. The Morgan fingerprint density at radius 2 is 2.00 bits per heavy atom. The molecule has 0 nitrogen and oxygen atoms in total. The third-order valence-corrected chi connectivity index (χ3v) is 1.32. The summed E-state index contributed by atoms with van der Waals surface area (Å²) in [5, 5.41) is 0. The average molecular weight is 230 g/mol. The predicted molar refractivity (Wildman–Crippen MR) is 43.9 cm³/mol. The molecule has 0 aliphatic rings. The van der Waals surface area contributed by atoms with Gasteiger partial charge in [-0.25, -0.2) is 0 Å². The van der Waals surface area contributed by atoms with Gasteiger partial charge in [0.25, 0.3) is 0 Å². The quantitative estimate of drug-likeness (QED) is 0.388. The van der Waals surface area contributed by atoms with Gasteiger partial charge in [-0.3, -0.25) is 0 Å². The van der Waals surface area contributed by atoms with E-state index >= 15 is 0 Å². The summed E-state index contributed by atoms with van der Waals surface area (Å²) in [5.41, 5.74) is 0. The monoisotopic (exact) mass is 228 g/mol. The minimum atomic E-state index is -0.408. The Hall–Kier alpha value is 0.659. The number of alkyl halides is 1. The number of halogens is 2. The molecule has 0 saturated carbocycles. The SMILES string of the molecule is C#CC(C)(Cl)CCC.[Cl][Cu]. The Bertz CT molecular complexity index is 105. The van der Waals surface area contributed by atoms with Crippen LogP contribution in [0.15, 0.2) is 0 Å². The van der Waals surface area contributed by atoms with Gasteiger partial charge in [0.1, 0.15) is 4.87 Å². The van der Waals surface area contributed by atoms with Crippen LogP contribution in [0.1, 0.15) is 26.7 Å². The number of terminal acetylenes is 1. The van der Waals surface area contributed by atoms with Gasteiger partial charge < -0.3 is 0 Å². The van der Waals surface area contributed by atoms with Crippen molar-refractivity contribution in [3.05, 3.63) is 0 Å². The molecule has 10 heavy (non-hydrogen) atoms. The molecule has 0 amide bonds. The summed E-state index contributed by atoms with van der Waals surface area (Å²) >= 11 is 9.44. The first-order valence-electron chi connectivity index (χ1n) is 2.90. The molecule has 0 bridgehead atoms. The second-order valence-corrected chi connectivity index (χ2v) is 2.93. The van der Waals surface area contributed by atoms with E-state index in [2.05, 4.69) is 38.0 Å². The molecule has 0 fully saturated rings. The number of hydrogen-bond donors (Lipinski definition) is 0. The van der Waals surface area contributed by atoms with Gasteiger partial charge in [-0.1, -0.05) is 19.3 Å². The summed E-state index contributed by atoms with van der Waals surface area (Å²) in [6.07, 6.45) is 7.05. The van der Waals surface area contributed by atoms with Crippen molar-refractivity contribution in [2.24, 2.45) is 0 Å². The Kier molecular flexibility index (Phi) is 10.3. The summed E-state index contributed by atoms with van der Waals surface area (Å²) < 4.78 is 0. The van der Waals surface area contributed by atoms with Crippen molar-refractivity contribution >= 4 is 21.7 Å². The van der Waals surface area contributed by atoms with E-state index in [4.69, 9.17) is 18.0 Å². The van der Waals surface area contributed by atoms with Crippen LogP contribution in [0, 0.1) is 12.3 Å². The molecular weight excluding hydrogens is 219 g/mol. The second kappa shape index (κ2) is 7.76. The molecule has 0 heterocycles. The van der Waals surface area contributed by atoms with Crippen LogP contribution in [0.2, 0.25) is 0 Å². The standard InChI is InChI=1S/C7H11Cl.ClH.Cu/c1-4-6-7(3,8)5-2;;/h2H,4,6H2,1,3H3;1H;/q;;+1/p-1. The molecule has 0 spiro atoms. The van der Waals surface area contributed by atoms with Crippen LogP contribution >= 0.6 is 21.7 Å². The third-order valence-electron chi connectivity index (χ3n) is 1.02. The third kappa shape index (κ3) is 8.66. The Labute approximate surface area is 80.7 Å². The topological polar surface area (TPSA) is 0 Å². The van der Waals surface area contributed by atoms with Gasteiger partial charge in [-0.2, -0.15) is 0 Å². The van der Waals surface area contributed by atoms with Crippen LogP contribution in [-0.2, 0) is 15.1 Å². The maximum absolute atomic E-state index is 5.78. The van der Waals surface area contributed by atoms with Crippen molar-refractivity contribution in [2.75, 3.05) is 0 Å². The van der Waals surface area contributed by atoms with E-state index in [0.717, 1.165) is 12.8 Å². The zero-order valence-electron chi connectivity index (χ0n) is 6.05. The number of rotatable bonds is 2. The summed E-state index contributed by atoms with van der Waals surface area (Å²) in [4.78, 5) is -0.408. The zero-order valence-corrected chi connectivity index (χ0v) is 8.50. The molecule has 0 N–H and O–H groups in total. The van der Waals surface area contributed by atoms with E-state index in [9.17, 15) is 0 Å². The molecule has 1 unspecified atom stereocenters. The summed E-state index contributed by atoms with van der Waals surface area (Å²) in [6.45, 7) is 3.93. The van der Waals surface area contributed by atoms with Gasteiger partial charge in [0.2, 0.25) is 0 Å². The molecule has 3 heteroatoms. The van der Waals surface area contributed by atoms with Crippen LogP contribution in [0.3, 0.4) is 0 Å². The van der Waals surface area contributed by atoms with Crippen molar-refractivity contribution < 1.29 is 15.1 Å². The Morgan fingerprint density at radius 3 is 2.10 bits per heavy atom. The predicted octanol–water partition coefficient (Wildman–Crippen LogP) is 3.10. The van der Waals surface area contributed by atoms with Gasteiger partial charge in [-0.15, -0.1) is 18.0 Å².